The molecule has 112 valence electrons. The van der Waals surface area contributed by atoms with E-state index in [1.54, 1.807) is 11.3 Å². The number of anilines is 1. The first-order chi connectivity index (χ1) is 10.7. The van der Waals surface area contributed by atoms with Crippen LogP contribution in [-0.2, 0) is 17.6 Å². The van der Waals surface area contributed by atoms with Crippen LogP contribution >= 0.6 is 11.3 Å². The number of carbonyl (C=O) groups is 1. The summed E-state index contributed by atoms with van der Waals surface area (Å²) in [7, 11) is 0. The Labute approximate surface area is 134 Å². The largest absolute Gasteiger partial charge is 0.315 e. The van der Waals surface area contributed by atoms with Gasteiger partial charge in [0.2, 0.25) is 5.91 Å². The summed E-state index contributed by atoms with van der Waals surface area (Å²) in [5, 5.41) is 4.08. The zero-order valence-electron chi connectivity index (χ0n) is 12.6. The molecule has 1 aromatic carbocycles. The first-order valence-corrected chi connectivity index (χ1v) is 8.64. The maximum absolute atomic E-state index is 12.3. The maximum Gasteiger partial charge on any atom is 0.249 e. The van der Waals surface area contributed by atoms with Crippen LogP contribution in [0.1, 0.15) is 41.3 Å². The van der Waals surface area contributed by atoms with E-state index < -0.39 is 0 Å². The molecule has 1 unspecified atom stereocenters. The Bertz CT molecular complexity index is 761. The van der Waals surface area contributed by atoms with E-state index in [1.165, 1.54) is 28.8 Å². The molecule has 2 aromatic rings. The number of nitrogens with zero attached hydrogens (tertiary/aromatic N) is 1. The van der Waals surface area contributed by atoms with Gasteiger partial charge < -0.3 is 5.32 Å². The third-order valence-corrected chi connectivity index (χ3v) is 5.60. The molecule has 0 spiro atoms. The lowest BCUT2D eigenvalue weighted by Gasteiger charge is -2.14. The Morgan fingerprint density at radius 1 is 1.18 bits per heavy atom. The van der Waals surface area contributed by atoms with E-state index >= 15 is 0 Å². The smallest absolute Gasteiger partial charge is 0.249 e. The molecule has 4 heteroatoms. The van der Waals surface area contributed by atoms with Gasteiger partial charge in [0, 0.05) is 16.0 Å². The number of benzene rings is 1. The Morgan fingerprint density at radius 3 is 2.77 bits per heavy atom. The zero-order valence-corrected chi connectivity index (χ0v) is 13.4. The van der Waals surface area contributed by atoms with Crippen LogP contribution in [0.5, 0.6) is 0 Å². The van der Waals surface area contributed by atoms with E-state index in [9.17, 15) is 4.79 Å². The summed E-state index contributed by atoms with van der Waals surface area (Å²) >= 11 is 1.74. The molecule has 1 aromatic heterocycles. The van der Waals surface area contributed by atoms with Crippen molar-refractivity contribution >= 4 is 28.0 Å². The molecule has 1 aliphatic heterocycles. The number of hydrogen-bond acceptors (Lipinski definition) is 3. The number of amides is 1. The van der Waals surface area contributed by atoms with Gasteiger partial charge in [0.15, 0.2) is 0 Å². The summed E-state index contributed by atoms with van der Waals surface area (Å²) in [5.41, 5.74) is 4.64. The normalized spacial score (nSPS) is 20.5. The van der Waals surface area contributed by atoms with Gasteiger partial charge in [-0.2, -0.15) is 0 Å². The highest BCUT2D eigenvalue weighted by Gasteiger charge is 2.29. The van der Waals surface area contributed by atoms with Crippen molar-refractivity contribution in [1.82, 2.24) is 0 Å². The van der Waals surface area contributed by atoms with Gasteiger partial charge in [0.25, 0.3) is 0 Å². The molecule has 1 N–H and O–H groups in total. The standard InChI is InChI=1S/C18H18N2OS/c1-11-17(21)20-18-15(13-9-5-6-10-14(13)22-18)16(19-11)12-7-3-2-4-8-12/h2-4,7-8,11H,5-6,9-10H2,1H3,(H,20,21). The molecule has 1 amide bonds. The molecule has 22 heavy (non-hydrogen) atoms. The molecular formula is C18H18N2OS. The van der Waals surface area contributed by atoms with Crippen LogP contribution in [0.2, 0.25) is 0 Å². The molecule has 3 nitrogen and oxygen atoms in total. The molecular weight excluding hydrogens is 292 g/mol. The average Bonchev–Trinajstić information content (AvgIpc) is 2.85. The van der Waals surface area contributed by atoms with Crippen LogP contribution in [0, 0.1) is 0 Å². The number of aliphatic imine (C=N–C) groups is 1. The van der Waals surface area contributed by atoms with E-state index in [0.717, 1.165) is 29.1 Å². The fourth-order valence-corrected chi connectivity index (χ4v) is 4.55. The van der Waals surface area contributed by atoms with Crippen LogP contribution in [0.3, 0.4) is 0 Å². The predicted octanol–water partition coefficient (Wildman–Crippen LogP) is 3.80. The number of carbonyl (C=O) groups excluding carboxylic acids is 1. The fraction of sp³-hybridized carbons (Fsp3) is 0.333. The van der Waals surface area contributed by atoms with E-state index in [0.29, 0.717) is 0 Å². The van der Waals surface area contributed by atoms with Gasteiger partial charge in [-0.25, -0.2) is 0 Å². The number of fused-ring (bicyclic) bond motifs is 3. The second-order valence-corrected chi connectivity index (χ2v) is 7.03. The first kappa shape index (κ1) is 13.7. The van der Waals surface area contributed by atoms with Gasteiger partial charge in [-0.3, -0.25) is 9.79 Å². The Balaban J connectivity index is 1.95. The van der Waals surface area contributed by atoms with Crippen molar-refractivity contribution in [2.24, 2.45) is 4.99 Å². The second-order valence-electron chi connectivity index (χ2n) is 5.92. The molecule has 0 fully saturated rings. The molecule has 1 atom stereocenters. The molecule has 0 saturated carbocycles. The maximum atomic E-state index is 12.3. The van der Waals surface area contributed by atoms with Crippen molar-refractivity contribution in [3.8, 4) is 0 Å². The quantitative estimate of drug-likeness (QED) is 0.855. The highest BCUT2D eigenvalue weighted by atomic mass is 32.1. The number of hydrogen-bond donors (Lipinski definition) is 1. The summed E-state index contributed by atoms with van der Waals surface area (Å²) in [6, 6.07) is 9.88. The molecule has 0 bridgehead atoms. The monoisotopic (exact) mass is 310 g/mol. The van der Waals surface area contributed by atoms with Crippen LogP contribution in [0.25, 0.3) is 0 Å². The van der Waals surface area contributed by atoms with Crippen molar-refractivity contribution in [2.75, 3.05) is 5.32 Å². The van der Waals surface area contributed by atoms with Gasteiger partial charge >= 0.3 is 0 Å². The lowest BCUT2D eigenvalue weighted by Crippen LogP contribution is -2.22. The number of rotatable bonds is 1. The SMILES string of the molecule is CC1N=C(c2ccccc2)c2c(sc3c2CCCC3)NC1=O. The minimum absolute atomic E-state index is 0.00854. The number of nitrogens with one attached hydrogen (secondary N) is 1. The Kier molecular flexibility index (Phi) is 3.34. The Hall–Kier alpha value is -1.94. The topological polar surface area (TPSA) is 41.5 Å². The van der Waals surface area contributed by atoms with Gasteiger partial charge in [-0.15, -0.1) is 11.3 Å². The average molecular weight is 310 g/mol. The summed E-state index contributed by atoms with van der Waals surface area (Å²) in [6.45, 7) is 1.86. The van der Waals surface area contributed by atoms with E-state index in [-0.39, 0.29) is 11.9 Å². The first-order valence-electron chi connectivity index (χ1n) is 7.83. The van der Waals surface area contributed by atoms with Crippen molar-refractivity contribution in [3.63, 3.8) is 0 Å². The van der Waals surface area contributed by atoms with Crippen molar-refractivity contribution in [3.05, 3.63) is 51.9 Å². The van der Waals surface area contributed by atoms with Crippen molar-refractivity contribution < 1.29 is 4.79 Å². The van der Waals surface area contributed by atoms with Crippen LogP contribution in [-0.4, -0.2) is 17.7 Å². The summed E-state index contributed by atoms with van der Waals surface area (Å²) < 4.78 is 0. The number of thiophene rings is 1. The van der Waals surface area contributed by atoms with Gasteiger partial charge in [0.1, 0.15) is 11.0 Å². The lowest BCUT2D eigenvalue weighted by molar-refractivity contribution is -0.116. The van der Waals surface area contributed by atoms with Crippen molar-refractivity contribution in [1.29, 1.82) is 0 Å². The number of aryl methyl sites for hydroxylation is 1. The summed E-state index contributed by atoms with van der Waals surface area (Å²) in [6.07, 6.45) is 4.69. The van der Waals surface area contributed by atoms with E-state index in [4.69, 9.17) is 4.99 Å². The predicted molar refractivity (Wildman–Crippen MR) is 91.1 cm³/mol. The minimum atomic E-state index is -0.353. The van der Waals surface area contributed by atoms with Crippen LogP contribution in [0.4, 0.5) is 5.00 Å². The highest BCUT2D eigenvalue weighted by Crippen LogP contribution is 2.40. The van der Waals surface area contributed by atoms with Crippen molar-refractivity contribution in [2.45, 2.75) is 38.6 Å². The van der Waals surface area contributed by atoms with Gasteiger partial charge in [-0.1, -0.05) is 30.3 Å². The molecule has 2 heterocycles. The fourth-order valence-electron chi connectivity index (χ4n) is 3.25. The third kappa shape index (κ3) is 2.18. The highest BCUT2D eigenvalue weighted by molar-refractivity contribution is 7.17. The molecule has 1 aliphatic carbocycles. The molecule has 0 radical (unpaired) electrons. The molecule has 2 aliphatic rings. The lowest BCUT2D eigenvalue weighted by atomic mass is 9.91. The van der Waals surface area contributed by atoms with Gasteiger partial charge in [0.05, 0.1) is 5.71 Å². The third-order valence-electron chi connectivity index (χ3n) is 4.39. The van der Waals surface area contributed by atoms with Gasteiger partial charge in [-0.05, 0) is 38.2 Å². The van der Waals surface area contributed by atoms with E-state index in [2.05, 4.69) is 17.4 Å². The Morgan fingerprint density at radius 2 is 1.95 bits per heavy atom. The zero-order chi connectivity index (χ0) is 15.1. The second kappa shape index (κ2) is 5.36. The van der Waals surface area contributed by atoms with Crippen LogP contribution < -0.4 is 5.32 Å². The summed E-state index contributed by atoms with van der Waals surface area (Å²) in [4.78, 5) is 18.4. The minimum Gasteiger partial charge on any atom is -0.315 e. The molecule has 0 saturated heterocycles. The molecule has 4 rings (SSSR count). The summed E-state index contributed by atoms with van der Waals surface area (Å²) in [5.74, 6) is -0.00854. The van der Waals surface area contributed by atoms with E-state index in [1.807, 2.05) is 25.1 Å². The van der Waals surface area contributed by atoms with Crippen LogP contribution in [0.15, 0.2) is 35.3 Å².